The van der Waals surface area contributed by atoms with Crippen molar-refractivity contribution in [3.63, 3.8) is 0 Å². The molecule has 2 atom stereocenters. The molecule has 8 heteroatoms. The average Bonchev–Trinajstić information content (AvgIpc) is 3.12. The van der Waals surface area contributed by atoms with Crippen LogP contribution in [0.1, 0.15) is 34.1 Å². The number of halogens is 4. The van der Waals surface area contributed by atoms with E-state index in [4.69, 9.17) is 11.6 Å². The minimum absolute atomic E-state index is 0.0520. The van der Waals surface area contributed by atoms with Gasteiger partial charge in [-0.2, -0.15) is 13.2 Å². The highest BCUT2D eigenvalue weighted by Crippen LogP contribution is 2.36. The number of aliphatic hydroxyl groups is 1. The number of nitrogens with one attached hydrogen (secondary N) is 1. The Morgan fingerprint density at radius 1 is 1.33 bits per heavy atom. The quantitative estimate of drug-likeness (QED) is 0.861. The molecule has 3 rings (SSSR count). The first kappa shape index (κ1) is 16.9. The summed E-state index contributed by atoms with van der Waals surface area (Å²) < 4.78 is 38.7. The van der Waals surface area contributed by atoms with E-state index in [9.17, 15) is 23.1 Å². The molecular weight excluding hydrogens is 345 g/mol. The first-order valence-corrected chi connectivity index (χ1v) is 7.63. The first-order chi connectivity index (χ1) is 11.3. The maximum Gasteiger partial charge on any atom is 0.416 e. The fourth-order valence-corrected chi connectivity index (χ4v) is 3.09. The first-order valence-electron chi connectivity index (χ1n) is 7.26. The van der Waals surface area contributed by atoms with E-state index in [1.807, 2.05) is 0 Å². The summed E-state index contributed by atoms with van der Waals surface area (Å²) in [7, 11) is 0. The van der Waals surface area contributed by atoms with Gasteiger partial charge in [0.2, 0.25) is 0 Å². The number of carbonyl (C=O) groups is 1. The number of hydrogen-bond acceptors (Lipinski definition) is 2. The fourth-order valence-electron chi connectivity index (χ4n) is 2.92. The van der Waals surface area contributed by atoms with Crippen LogP contribution in [-0.2, 0) is 6.18 Å². The number of H-pyrrole nitrogens is 1. The third-order valence-electron chi connectivity index (χ3n) is 4.02. The second-order valence-corrected chi connectivity index (χ2v) is 6.15. The fraction of sp³-hybridized carbons (Fsp3) is 0.312. The topological polar surface area (TPSA) is 56.3 Å². The van der Waals surface area contributed by atoms with Gasteiger partial charge >= 0.3 is 6.18 Å². The van der Waals surface area contributed by atoms with Crippen molar-refractivity contribution in [1.29, 1.82) is 0 Å². The Morgan fingerprint density at radius 3 is 2.71 bits per heavy atom. The molecule has 2 unspecified atom stereocenters. The van der Waals surface area contributed by atoms with Gasteiger partial charge in [0.1, 0.15) is 5.69 Å². The number of aliphatic hydroxyl groups excluding tert-OH is 1. The Bertz CT molecular complexity index is 760. The van der Waals surface area contributed by atoms with Gasteiger partial charge in [-0.05, 0) is 30.2 Å². The van der Waals surface area contributed by atoms with E-state index >= 15 is 0 Å². The van der Waals surface area contributed by atoms with Crippen LogP contribution in [0.3, 0.4) is 0 Å². The lowest BCUT2D eigenvalue weighted by Gasteiger charge is -2.25. The van der Waals surface area contributed by atoms with Crippen LogP contribution in [0.4, 0.5) is 13.2 Å². The maximum absolute atomic E-state index is 12.9. The Hall–Kier alpha value is -1.99. The average molecular weight is 359 g/mol. The molecule has 128 valence electrons. The molecular formula is C16H14ClF3N2O2. The molecule has 1 aliphatic heterocycles. The summed E-state index contributed by atoms with van der Waals surface area (Å²) >= 11 is 5.79. The summed E-state index contributed by atoms with van der Waals surface area (Å²) in [6.07, 6.45) is -3.63. The van der Waals surface area contributed by atoms with E-state index in [1.165, 1.54) is 29.3 Å². The highest BCUT2D eigenvalue weighted by atomic mass is 35.5. The molecule has 1 fully saturated rings. The van der Waals surface area contributed by atoms with E-state index in [2.05, 4.69) is 4.98 Å². The van der Waals surface area contributed by atoms with Crippen molar-refractivity contribution < 1.29 is 23.1 Å². The molecule has 1 amide bonds. The second kappa shape index (κ2) is 6.14. The van der Waals surface area contributed by atoms with Crippen LogP contribution in [0.25, 0.3) is 0 Å². The molecule has 0 bridgehead atoms. The van der Waals surface area contributed by atoms with Crippen molar-refractivity contribution in [2.45, 2.75) is 24.7 Å². The Morgan fingerprint density at radius 2 is 2.08 bits per heavy atom. The normalized spacial score (nSPS) is 21.3. The molecule has 0 saturated carbocycles. The molecule has 2 N–H and O–H groups in total. The SMILES string of the molecule is O=C(c1cc(Cl)c[nH]1)N1CC(O)CC1c1cccc(C(F)(F)F)c1. The molecule has 0 radical (unpaired) electrons. The number of rotatable bonds is 2. The number of alkyl halides is 3. The van der Waals surface area contributed by atoms with Crippen molar-refractivity contribution >= 4 is 17.5 Å². The number of nitrogens with zero attached hydrogens (tertiary/aromatic N) is 1. The number of aromatic nitrogens is 1. The van der Waals surface area contributed by atoms with Gasteiger partial charge in [0.05, 0.1) is 22.7 Å². The van der Waals surface area contributed by atoms with Gasteiger partial charge in [-0.3, -0.25) is 4.79 Å². The van der Waals surface area contributed by atoms with Crippen molar-refractivity contribution in [1.82, 2.24) is 9.88 Å². The van der Waals surface area contributed by atoms with Crippen LogP contribution in [0.15, 0.2) is 36.5 Å². The molecule has 2 aromatic rings. The monoisotopic (exact) mass is 358 g/mol. The van der Waals surface area contributed by atoms with E-state index in [-0.39, 0.29) is 18.7 Å². The number of β-amino-alcohol motifs (C(OH)–C–C–N with tert-alkyl or cyclic N) is 1. The van der Waals surface area contributed by atoms with Gasteiger partial charge in [0, 0.05) is 12.7 Å². The predicted octanol–water partition coefficient (Wildman–Crippen LogP) is 3.64. The Labute approximate surface area is 140 Å². The largest absolute Gasteiger partial charge is 0.416 e. The number of likely N-dealkylation sites (tertiary alicyclic amines) is 1. The third-order valence-corrected chi connectivity index (χ3v) is 4.24. The highest BCUT2D eigenvalue weighted by molar-refractivity contribution is 6.30. The molecule has 2 heterocycles. The summed E-state index contributed by atoms with van der Waals surface area (Å²) in [6.45, 7) is 0.0520. The molecule has 1 aromatic heterocycles. The lowest BCUT2D eigenvalue weighted by Crippen LogP contribution is -2.32. The zero-order chi connectivity index (χ0) is 17.5. The van der Waals surface area contributed by atoms with Crippen LogP contribution in [0, 0.1) is 0 Å². The highest BCUT2D eigenvalue weighted by Gasteiger charge is 2.38. The minimum Gasteiger partial charge on any atom is -0.391 e. The van der Waals surface area contributed by atoms with Crippen molar-refractivity contribution in [2.24, 2.45) is 0 Å². The molecule has 24 heavy (non-hydrogen) atoms. The zero-order valence-electron chi connectivity index (χ0n) is 12.3. The maximum atomic E-state index is 12.9. The molecule has 1 saturated heterocycles. The number of benzene rings is 1. The third kappa shape index (κ3) is 3.27. The predicted molar refractivity (Wildman–Crippen MR) is 81.6 cm³/mol. The van der Waals surface area contributed by atoms with Crippen molar-refractivity contribution in [2.75, 3.05) is 6.54 Å². The van der Waals surface area contributed by atoms with Gasteiger partial charge in [-0.1, -0.05) is 23.7 Å². The lowest BCUT2D eigenvalue weighted by molar-refractivity contribution is -0.137. The molecule has 1 aliphatic rings. The van der Waals surface area contributed by atoms with E-state index in [0.29, 0.717) is 10.6 Å². The van der Waals surface area contributed by atoms with Gasteiger partial charge < -0.3 is 15.0 Å². The number of carbonyl (C=O) groups excluding carboxylic acids is 1. The number of hydrogen-bond donors (Lipinski definition) is 2. The minimum atomic E-state index is -4.46. The van der Waals surface area contributed by atoms with Gasteiger partial charge in [-0.25, -0.2) is 0 Å². The zero-order valence-corrected chi connectivity index (χ0v) is 13.1. The van der Waals surface area contributed by atoms with Crippen molar-refractivity contribution in [3.8, 4) is 0 Å². The van der Waals surface area contributed by atoms with E-state index in [1.54, 1.807) is 0 Å². The van der Waals surface area contributed by atoms with Crippen LogP contribution < -0.4 is 0 Å². The molecule has 0 spiro atoms. The smallest absolute Gasteiger partial charge is 0.391 e. The summed E-state index contributed by atoms with van der Waals surface area (Å²) in [5.74, 6) is -0.416. The summed E-state index contributed by atoms with van der Waals surface area (Å²) in [5, 5.41) is 10.3. The summed E-state index contributed by atoms with van der Waals surface area (Å²) in [6, 6.07) is 5.64. The van der Waals surface area contributed by atoms with E-state index < -0.39 is 29.8 Å². The summed E-state index contributed by atoms with van der Waals surface area (Å²) in [4.78, 5) is 16.7. The van der Waals surface area contributed by atoms with Gasteiger partial charge in [0.25, 0.3) is 5.91 Å². The molecule has 0 aliphatic carbocycles. The van der Waals surface area contributed by atoms with Crippen LogP contribution in [-0.4, -0.2) is 33.5 Å². The van der Waals surface area contributed by atoms with Gasteiger partial charge in [0.15, 0.2) is 0 Å². The van der Waals surface area contributed by atoms with E-state index in [0.717, 1.165) is 12.1 Å². The van der Waals surface area contributed by atoms with Crippen LogP contribution in [0.2, 0.25) is 5.02 Å². The molecule has 4 nitrogen and oxygen atoms in total. The molecule has 1 aromatic carbocycles. The van der Waals surface area contributed by atoms with Crippen molar-refractivity contribution in [3.05, 3.63) is 58.4 Å². The number of amides is 1. The summed E-state index contributed by atoms with van der Waals surface area (Å²) in [5.41, 5.74) is -0.213. The van der Waals surface area contributed by atoms with Gasteiger partial charge in [-0.15, -0.1) is 0 Å². The Kier molecular flexibility index (Phi) is 4.31. The second-order valence-electron chi connectivity index (χ2n) is 5.72. The number of aromatic amines is 1. The Balaban J connectivity index is 1.92. The lowest BCUT2D eigenvalue weighted by atomic mass is 10.0. The standard InChI is InChI=1S/C16H14ClF3N2O2/c17-11-5-13(21-7-11)15(24)22-8-12(23)6-14(22)9-2-1-3-10(4-9)16(18,19)20/h1-5,7,12,14,21,23H,6,8H2. The van der Waals surface area contributed by atoms with Crippen LogP contribution >= 0.6 is 11.6 Å². The van der Waals surface area contributed by atoms with Crippen LogP contribution in [0.5, 0.6) is 0 Å².